The van der Waals surface area contributed by atoms with E-state index in [2.05, 4.69) is 5.32 Å². The van der Waals surface area contributed by atoms with Crippen molar-refractivity contribution < 1.29 is 17.6 Å². The molecule has 2 rings (SSSR count). The molecule has 0 bridgehead atoms. The van der Waals surface area contributed by atoms with E-state index in [0.717, 1.165) is 5.56 Å². The lowest BCUT2D eigenvalue weighted by atomic mass is 10.2. The fourth-order valence-corrected chi connectivity index (χ4v) is 4.12. The van der Waals surface area contributed by atoms with E-state index in [-0.39, 0.29) is 35.7 Å². The molecular formula is C14H19FN2O3S. The first-order valence-electron chi connectivity index (χ1n) is 6.74. The van der Waals surface area contributed by atoms with Gasteiger partial charge in [0.25, 0.3) is 0 Å². The van der Waals surface area contributed by atoms with Crippen molar-refractivity contribution in [1.82, 2.24) is 4.90 Å². The van der Waals surface area contributed by atoms with Crippen molar-refractivity contribution in [1.29, 1.82) is 0 Å². The van der Waals surface area contributed by atoms with Crippen LogP contribution >= 0.6 is 0 Å². The Morgan fingerprint density at radius 2 is 2.19 bits per heavy atom. The van der Waals surface area contributed by atoms with Crippen molar-refractivity contribution in [3.63, 3.8) is 0 Å². The van der Waals surface area contributed by atoms with Crippen LogP contribution in [0.25, 0.3) is 0 Å². The third kappa shape index (κ3) is 3.93. The van der Waals surface area contributed by atoms with Crippen LogP contribution in [0, 0.1) is 12.7 Å². The van der Waals surface area contributed by atoms with Crippen LogP contribution in [0.2, 0.25) is 0 Å². The number of sulfone groups is 1. The summed E-state index contributed by atoms with van der Waals surface area (Å²) in [5.74, 6) is -0.533. The summed E-state index contributed by atoms with van der Waals surface area (Å²) in [5, 5.41) is 2.75. The average molecular weight is 314 g/mol. The number of aryl methyl sites for hydroxylation is 1. The van der Waals surface area contributed by atoms with Crippen LogP contribution in [0.5, 0.6) is 0 Å². The molecule has 0 aliphatic carbocycles. The minimum absolute atomic E-state index is 0.00807. The van der Waals surface area contributed by atoms with Gasteiger partial charge in [-0.15, -0.1) is 0 Å². The van der Waals surface area contributed by atoms with Gasteiger partial charge in [-0.2, -0.15) is 0 Å². The van der Waals surface area contributed by atoms with Gasteiger partial charge in [0.15, 0.2) is 9.84 Å². The smallest absolute Gasteiger partial charge is 0.241 e. The highest BCUT2D eigenvalue weighted by Crippen LogP contribution is 2.18. The standard InChI is InChI=1S/C14H19FN2O3S/c1-10-3-4-13(12(15)7-10)16-8-14(18)17(2)11-5-6-21(19,20)9-11/h3-4,7,11,16H,5-6,8-9H2,1-2H3/t11-/m0/s1. The van der Waals surface area contributed by atoms with E-state index in [1.54, 1.807) is 26.1 Å². The van der Waals surface area contributed by atoms with E-state index in [1.165, 1.54) is 11.0 Å². The number of rotatable bonds is 4. The van der Waals surface area contributed by atoms with E-state index in [1.807, 2.05) is 0 Å². The molecule has 1 atom stereocenters. The molecule has 0 saturated carbocycles. The maximum atomic E-state index is 13.6. The number of hydrogen-bond donors (Lipinski definition) is 1. The molecule has 0 aromatic heterocycles. The van der Waals surface area contributed by atoms with E-state index in [4.69, 9.17) is 0 Å². The molecule has 1 amide bonds. The second kappa shape index (κ2) is 6.01. The van der Waals surface area contributed by atoms with E-state index in [0.29, 0.717) is 6.42 Å². The molecule has 1 aliphatic heterocycles. The van der Waals surface area contributed by atoms with Crippen molar-refractivity contribution in [2.75, 3.05) is 30.4 Å². The predicted octanol–water partition coefficient (Wildman–Crippen LogP) is 1.19. The van der Waals surface area contributed by atoms with Gasteiger partial charge in [-0.05, 0) is 31.0 Å². The van der Waals surface area contributed by atoms with Gasteiger partial charge in [-0.25, -0.2) is 12.8 Å². The summed E-state index contributed by atoms with van der Waals surface area (Å²) in [4.78, 5) is 13.5. The van der Waals surface area contributed by atoms with Crippen LogP contribution in [0.15, 0.2) is 18.2 Å². The van der Waals surface area contributed by atoms with Gasteiger partial charge < -0.3 is 10.2 Å². The summed E-state index contributed by atoms with van der Waals surface area (Å²) >= 11 is 0. The summed E-state index contributed by atoms with van der Waals surface area (Å²) in [5.41, 5.74) is 1.07. The third-order valence-corrected chi connectivity index (χ3v) is 5.45. The monoisotopic (exact) mass is 314 g/mol. The molecule has 7 heteroatoms. The fourth-order valence-electron chi connectivity index (χ4n) is 2.34. The fraction of sp³-hybridized carbons (Fsp3) is 0.500. The second-order valence-corrected chi connectivity index (χ2v) is 7.63. The van der Waals surface area contributed by atoms with Gasteiger partial charge in [-0.1, -0.05) is 6.07 Å². The second-order valence-electron chi connectivity index (χ2n) is 5.40. The molecule has 21 heavy (non-hydrogen) atoms. The lowest BCUT2D eigenvalue weighted by Gasteiger charge is -2.23. The molecule has 1 heterocycles. The maximum Gasteiger partial charge on any atom is 0.241 e. The number of hydrogen-bond acceptors (Lipinski definition) is 4. The first-order chi connectivity index (χ1) is 9.78. The minimum Gasteiger partial charge on any atom is -0.374 e. The molecule has 0 radical (unpaired) electrons. The first-order valence-corrected chi connectivity index (χ1v) is 8.57. The van der Waals surface area contributed by atoms with E-state index in [9.17, 15) is 17.6 Å². The Labute approximate surface area is 124 Å². The van der Waals surface area contributed by atoms with E-state index >= 15 is 0 Å². The molecule has 116 valence electrons. The zero-order valence-electron chi connectivity index (χ0n) is 12.1. The summed E-state index contributed by atoms with van der Waals surface area (Å²) in [6, 6.07) is 4.44. The lowest BCUT2D eigenvalue weighted by molar-refractivity contribution is -0.129. The molecule has 1 aliphatic rings. The van der Waals surface area contributed by atoms with Crippen LogP contribution in [-0.2, 0) is 14.6 Å². The summed E-state index contributed by atoms with van der Waals surface area (Å²) in [7, 11) is -1.44. The topological polar surface area (TPSA) is 66.5 Å². The van der Waals surface area contributed by atoms with Crippen molar-refractivity contribution >= 4 is 21.4 Å². The quantitative estimate of drug-likeness (QED) is 0.906. The van der Waals surface area contributed by atoms with Gasteiger partial charge in [0.05, 0.1) is 23.7 Å². The number of carbonyl (C=O) groups excluding carboxylic acids is 1. The SMILES string of the molecule is Cc1ccc(NCC(=O)N(C)[C@H]2CCS(=O)(=O)C2)c(F)c1. The number of carbonyl (C=O) groups is 1. The Hall–Kier alpha value is -1.63. The van der Waals surface area contributed by atoms with Crippen LogP contribution in [0.4, 0.5) is 10.1 Å². The zero-order chi connectivity index (χ0) is 15.6. The van der Waals surface area contributed by atoms with Crippen LogP contribution < -0.4 is 5.32 Å². The number of benzene rings is 1. The number of halogens is 1. The predicted molar refractivity (Wildman–Crippen MR) is 79.5 cm³/mol. The number of nitrogens with zero attached hydrogens (tertiary/aromatic N) is 1. The van der Waals surface area contributed by atoms with Gasteiger partial charge in [0, 0.05) is 13.1 Å². The van der Waals surface area contributed by atoms with E-state index < -0.39 is 15.7 Å². The Kier molecular flexibility index (Phi) is 4.51. The molecule has 0 unspecified atom stereocenters. The van der Waals surface area contributed by atoms with Crippen LogP contribution in [-0.4, -0.2) is 50.4 Å². The zero-order valence-corrected chi connectivity index (χ0v) is 12.9. The first kappa shape index (κ1) is 15.8. The Morgan fingerprint density at radius 3 is 2.76 bits per heavy atom. The van der Waals surface area contributed by atoms with Crippen LogP contribution in [0.1, 0.15) is 12.0 Å². The van der Waals surface area contributed by atoms with Gasteiger partial charge in [0.2, 0.25) is 5.91 Å². The molecule has 1 saturated heterocycles. The highest BCUT2D eigenvalue weighted by atomic mass is 32.2. The molecular weight excluding hydrogens is 295 g/mol. The summed E-state index contributed by atoms with van der Waals surface area (Å²) in [6.45, 7) is 1.72. The largest absolute Gasteiger partial charge is 0.374 e. The Balaban J connectivity index is 1.92. The van der Waals surface area contributed by atoms with Crippen molar-refractivity contribution in [3.8, 4) is 0 Å². The highest BCUT2D eigenvalue weighted by molar-refractivity contribution is 7.91. The maximum absolute atomic E-state index is 13.6. The molecule has 0 spiro atoms. The third-order valence-electron chi connectivity index (χ3n) is 3.70. The number of likely N-dealkylation sites (N-methyl/N-ethyl adjacent to an activating group) is 1. The normalized spacial score (nSPS) is 20.2. The van der Waals surface area contributed by atoms with Gasteiger partial charge >= 0.3 is 0 Å². The Bertz CT molecular complexity index is 646. The number of amides is 1. The Morgan fingerprint density at radius 1 is 1.48 bits per heavy atom. The lowest BCUT2D eigenvalue weighted by Crippen LogP contribution is -2.41. The van der Waals surface area contributed by atoms with Crippen molar-refractivity contribution in [2.24, 2.45) is 0 Å². The molecule has 1 aromatic carbocycles. The summed E-state index contributed by atoms with van der Waals surface area (Å²) in [6.07, 6.45) is 0.462. The molecule has 1 N–H and O–H groups in total. The number of anilines is 1. The van der Waals surface area contributed by atoms with Crippen molar-refractivity contribution in [3.05, 3.63) is 29.6 Å². The van der Waals surface area contributed by atoms with Gasteiger partial charge in [-0.3, -0.25) is 4.79 Å². The minimum atomic E-state index is -3.03. The average Bonchev–Trinajstić information content (AvgIpc) is 2.77. The summed E-state index contributed by atoms with van der Waals surface area (Å²) < 4.78 is 36.5. The van der Waals surface area contributed by atoms with Crippen LogP contribution in [0.3, 0.4) is 0 Å². The molecule has 1 fully saturated rings. The van der Waals surface area contributed by atoms with Gasteiger partial charge in [0.1, 0.15) is 5.82 Å². The molecule has 5 nitrogen and oxygen atoms in total. The number of nitrogens with one attached hydrogen (secondary N) is 1. The molecule has 1 aromatic rings. The highest BCUT2D eigenvalue weighted by Gasteiger charge is 2.32. The van der Waals surface area contributed by atoms with Crippen molar-refractivity contribution in [2.45, 2.75) is 19.4 Å².